The summed E-state index contributed by atoms with van der Waals surface area (Å²) < 4.78 is 2.02. The number of imidazole rings is 1. The highest BCUT2D eigenvalue weighted by molar-refractivity contribution is 5.67. The number of aromatic nitrogens is 4. The molecule has 3 aromatic heterocycles. The molecule has 31 heavy (non-hydrogen) atoms. The average Bonchev–Trinajstić information content (AvgIpc) is 3.20. The molecule has 0 saturated heterocycles. The van der Waals surface area contributed by atoms with Gasteiger partial charge in [-0.05, 0) is 60.8 Å². The van der Waals surface area contributed by atoms with Gasteiger partial charge in [0.2, 0.25) is 0 Å². The van der Waals surface area contributed by atoms with Gasteiger partial charge in [-0.15, -0.1) is 0 Å². The Morgan fingerprint density at radius 3 is 2.84 bits per heavy atom. The Morgan fingerprint density at radius 1 is 1.29 bits per heavy atom. The quantitative estimate of drug-likeness (QED) is 0.626. The van der Waals surface area contributed by atoms with E-state index < -0.39 is 5.97 Å². The summed E-state index contributed by atoms with van der Waals surface area (Å²) in [7, 11) is 0. The van der Waals surface area contributed by atoms with Crippen molar-refractivity contribution in [3.63, 3.8) is 0 Å². The molecule has 3 heterocycles. The zero-order chi connectivity index (χ0) is 22.2. The molecule has 0 aromatic carbocycles. The van der Waals surface area contributed by atoms with E-state index >= 15 is 0 Å². The van der Waals surface area contributed by atoms with Gasteiger partial charge in [-0.25, -0.2) is 4.98 Å². The van der Waals surface area contributed by atoms with Gasteiger partial charge in [-0.1, -0.05) is 20.8 Å². The van der Waals surface area contributed by atoms with E-state index in [1.165, 1.54) is 17.5 Å². The molecule has 162 valence electrons. The van der Waals surface area contributed by atoms with Gasteiger partial charge < -0.3 is 9.67 Å². The summed E-state index contributed by atoms with van der Waals surface area (Å²) in [6.45, 7) is 8.67. The van der Waals surface area contributed by atoms with Crippen LogP contribution in [0, 0.1) is 12.3 Å². The van der Waals surface area contributed by atoms with E-state index in [9.17, 15) is 4.79 Å². The van der Waals surface area contributed by atoms with Crippen molar-refractivity contribution in [3.05, 3.63) is 59.1 Å². The van der Waals surface area contributed by atoms with Crippen molar-refractivity contribution in [1.82, 2.24) is 19.5 Å². The van der Waals surface area contributed by atoms with Crippen LogP contribution in [0.5, 0.6) is 0 Å². The fourth-order valence-corrected chi connectivity index (χ4v) is 4.55. The van der Waals surface area contributed by atoms with Gasteiger partial charge in [0.15, 0.2) is 0 Å². The van der Waals surface area contributed by atoms with Crippen LogP contribution >= 0.6 is 0 Å². The van der Waals surface area contributed by atoms with E-state index in [0.717, 1.165) is 53.2 Å². The van der Waals surface area contributed by atoms with Crippen LogP contribution in [0.1, 0.15) is 61.7 Å². The minimum absolute atomic E-state index is 0.0942. The highest BCUT2D eigenvalue weighted by Gasteiger charge is 2.27. The van der Waals surface area contributed by atoms with Gasteiger partial charge in [0.05, 0.1) is 29.8 Å². The number of hydrogen-bond donors (Lipinski definition) is 1. The summed E-state index contributed by atoms with van der Waals surface area (Å²) >= 11 is 0. The molecule has 0 unspecified atom stereocenters. The van der Waals surface area contributed by atoms with Crippen LogP contribution in [0.25, 0.3) is 16.9 Å². The third kappa shape index (κ3) is 4.38. The zero-order valence-corrected chi connectivity index (χ0v) is 18.8. The molecule has 0 aliphatic heterocycles. The summed E-state index contributed by atoms with van der Waals surface area (Å²) in [6.07, 6.45) is 12.4. The van der Waals surface area contributed by atoms with E-state index in [2.05, 4.69) is 38.0 Å². The number of pyridine rings is 2. The molecule has 1 aliphatic carbocycles. The van der Waals surface area contributed by atoms with Crippen LogP contribution in [0.4, 0.5) is 0 Å². The summed E-state index contributed by atoms with van der Waals surface area (Å²) in [5.41, 5.74) is 8.86. The van der Waals surface area contributed by atoms with Gasteiger partial charge in [-0.3, -0.25) is 14.8 Å². The van der Waals surface area contributed by atoms with E-state index in [-0.39, 0.29) is 6.42 Å². The molecule has 1 N–H and O–H groups in total. The lowest BCUT2D eigenvalue weighted by Crippen LogP contribution is -2.22. The third-order valence-electron chi connectivity index (χ3n) is 6.32. The first-order valence-electron chi connectivity index (χ1n) is 11.0. The minimum Gasteiger partial charge on any atom is -0.481 e. The number of hydrogen-bond acceptors (Lipinski definition) is 4. The molecule has 0 fully saturated rings. The van der Waals surface area contributed by atoms with Crippen molar-refractivity contribution in [3.8, 4) is 16.9 Å². The highest BCUT2D eigenvalue weighted by Crippen LogP contribution is 2.38. The first-order valence-corrected chi connectivity index (χ1v) is 11.0. The second-order valence-corrected chi connectivity index (χ2v) is 9.28. The van der Waals surface area contributed by atoms with E-state index in [0.29, 0.717) is 11.8 Å². The third-order valence-corrected chi connectivity index (χ3v) is 6.32. The Morgan fingerprint density at radius 2 is 2.10 bits per heavy atom. The minimum atomic E-state index is -0.798. The molecule has 0 amide bonds. The van der Waals surface area contributed by atoms with Crippen LogP contribution in [-0.4, -0.2) is 30.6 Å². The maximum Gasteiger partial charge on any atom is 0.303 e. The molecule has 3 aromatic rings. The van der Waals surface area contributed by atoms with Crippen LogP contribution in [-0.2, 0) is 30.5 Å². The van der Waals surface area contributed by atoms with E-state index in [1.54, 1.807) is 0 Å². The Bertz CT molecular complexity index is 1130. The first kappa shape index (κ1) is 21.2. The number of carboxylic acid groups (broad SMARTS) is 1. The average molecular weight is 419 g/mol. The van der Waals surface area contributed by atoms with Crippen LogP contribution < -0.4 is 0 Å². The van der Waals surface area contributed by atoms with Gasteiger partial charge in [0.25, 0.3) is 0 Å². The smallest absolute Gasteiger partial charge is 0.303 e. The van der Waals surface area contributed by atoms with Gasteiger partial charge in [0.1, 0.15) is 0 Å². The Labute approximate surface area is 183 Å². The Kier molecular flexibility index (Phi) is 5.65. The Hall–Kier alpha value is -3.02. The largest absolute Gasteiger partial charge is 0.481 e. The second-order valence-electron chi connectivity index (χ2n) is 9.28. The van der Waals surface area contributed by atoms with Gasteiger partial charge in [-0.2, -0.15) is 0 Å². The zero-order valence-electron chi connectivity index (χ0n) is 18.8. The molecule has 0 spiro atoms. The van der Waals surface area contributed by atoms with Crippen LogP contribution in [0.15, 0.2) is 31.0 Å². The lowest BCUT2D eigenvalue weighted by Gasteiger charge is -2.31. The number of fused-ring (bicyclic) bond motifs is 1. The maximum absolute atomic E-state index is 11.0. The molecular weight excluding hydrogens is 388 g/mol. The van der Waals surface area contributed by atoms with Crippen molar-refractivity contribution in [2.24, 2.45) is 5.41 Å². The standard InChI is InChI=1S/C25H30N4O2/c1-5-17-10-23(16(2)28-21(17)6-7-24(30)31)29-14-22(27-15-29)20-13-26-12-18-11-25(3,4)9-8-19(18)20/h10,12-15H,5-9,11H2,1-4H3,(H,30,31). The van der Waals surface area contributed by atoms with Gasteiger partial charge in [0, 0.05) is 36.3 Å². The fraction of sp³-hybridized carbons (Fsp3) is 0.440. The summed E-state index contributed by atoms with van der Waals surface area (Å²) in [6, 6.07) is 2.12. The predicted molar refractivity (Wildman–Crippen MR) is 120 cm³/mol. The number of rotatable bonds is 6. The van der Waals surface area contributed by atoms with Crippen LogP contribution in [0.3, 0.4) is 0 Å². The van der Waals surface area contributed by atoms with E-state index in [1.807, 2.05) is 30.2 Å². The molecule has 6 nitrogen and oxygen atoms in total. The summed E-state index contributed by atoms with van der Waals surface area (Å²) in [4.78, 5) is 24.9. The molecule has 0 atom stereocenters. The molecule has 0 saturated carbocycles. The monoisotopic (exact) mass is 418 g/mol. The SMILES string of the molecule is CCc1cc(-n2cnc(-c3cncc4c3CCC(C)(C)C4)c2)c(C)nc1CCC(=O)O. The van der Waals surface area contributed by atoms with Crippen molar-refractivity contribution in [2.45, 2.75) is 66.2 Å². The van der Waals surface area contributed by atoms with Crippen molar-refractivity contribution in [1.29, 1.82) is 0 Å². The summed E-state index contributed by atoms with van der Waals surface area (Å²) in [5.74, 6) is -0.798. The normalized spacial score (nSPS) is 15.0. The number of carbonyl (C=O) groups is 1. The lowest BCUT2D eigenvalue weighted by molar-refractivity contribution is -0.136. The molecule has 6 heteroatoms. The number of aliphatic carboxylic acids is 1. The predicted octanol–water partition coefficient (Wildman–Crippen LogP) is 4.73. The molecule has 0 bridgehead atoms. The topological polar surface area (TPSA) is 80.9 Å². The summed E-state index contributed by atoms with van der Waals surface area (Å²) in [5, 5.41) is 9.02. The number of nitrogens with zero attached hydrogens (tertiary/aromatic N) is 4. The van der Waals surface area contributed by atoms with Crippen molar-refractivity contribution >= 4 is 5.97 Å². The van der Waals surface area contributed by atoms with Gasteiger partial charge >= 0.3 is 5.97 Å². The van der Waals surface area contributed by atoms with E-state index in [4.69, 9.17) is 15.1 Å². The molecule has 1 aliphatic rings. The molecule has 0 radical (unpaired) electrons. The highest BCUT2D eigenvalue weighted by atomic mass is 16.4. The fourth-order valence-electron chi connectivity index (χ4n) is 4.55. The number of aryl methyl sites for hydroxylation is 3. The second kappa shape index (κ2) is 8.25. The number of carboxylic acids is 1. The molecular formula is C25H30N4O2. The Balaban J connectivity index is 1.68. The van der Waals surface area contributed by atoms with Crippen molar-refractivity contribution < 1.29 is 9.90 Å². The van der Waals surface area contributed by atoms with Crippen LogP contribution in [0.2, 0.25) is 0 Å². The maximum atomic E-state index is 11.0. The van der Waals surface area contributed by atoms with Crippen molar-refractivity contribution in [2.75, 3.05) is 0 Å². The molecule has 4 rings (SSSR count). The lowest BCUT2D eigenvalue weighted by atomic mass is 9.74. The first-order chi connectivity index (χ1) is 14.8.